The zero-order valence-corrected chi connectivity index (χ0v) is 13.9. The zero-order chi connectivity index (χ0) is 15.7. The van der Waals surface area contributed by atoms with Gasteiger partial charge in [-0.1, -0.05) is 20.3 Å². The Kier molecular flexibility index (Phi) is 3.15. The minimum absolute atomic E-state index is 0.104. The molecule has 1 unspecified atom stereocenters. The summed E-state index contributed by atoms with van der Waals surface area (Å²) in [5, 5.41) is 30.9. The molecule has 0 aromatic heterocycles. The lowest BCUT2D eigenvalue weighted by molar-refractivity contribution is -0.108. The summed E-state index contributed by atoms with van der Waals surface area (Å²) in [4.78, 5) is 0. The number of aliphatic hydroxyl groups is 3. The molecule has 4 aliphatic rings. The lowest BCUT2D eigenvalue weighted by atomic mass is 9.46. The van der Waals surface area contributed by atoms with Gasteiger partial charge in [0.1, 0.15) is 11.9 Å². The largest absolute Gasteiger partial charge is 0.508 e. The summed E-state index contributed by atoms with van der Waals surface area (Å²) in [5.74, 6) is 2.22. The van der Waals surface area contributed by atoms with Gasteiger partial charge < -0.3 is 15.3 Å². The van der Waals surface area contributed by atoms with E-state index >= 15 is 0 Å². The maximum Gasteiger partial charge on any atom is 0.159 e. The van der Waals surface area contributed by atoms with Crippen molar-refractivity contribution in [3.05, 3.63) is 11.5 Å². The molecule has 22 heavy (non-hydrogen) atoms. The van der Waals surface area contributed by atoms with Crippen molar-refractivity contribution in [1.82, 2.24) is 0 Å². The first-order valence-corrected chi connectivity index (χ1v) is 9.18. The van der Waals surface area contributed by atoms with E-state index in [4.69, 9.17) is 0 Å². The van der Waals surface area contributed by atoms with Crippen LogP contribution in [0.2, 0.25) is 0 Å². The van der Waals surface area contributed by atoms with Crippen LogP contribution in [-0.4, -0.2) is 21.4 Å². The van der Waals surface area contributed by atoms with Crippen LogP contribution in [0.5, 0.6) is 0 Å². The van der Waals surface area contributed by atoms with Gasteiger partial charge in [-0.05, 0) is 74.0 Å². The van der Waals surface area contributed by atoms with Crippen molar-refractivity contribution in [2.75, 3.05) is 0 Å². The van der Waals surface area contributed by atoms with E-state index in [9.17, 15) is 15.3 Å². The van der Waals surface area contributed by atoms with Gasteiger partial charge in [0.2, 0.25) is 0 Å². The Balaban J connectivity index is 1.74. The van der Waals surface area contributed by atoms with E-state index in [1.54, 1.807) is 0 Å². The summed E-state index contributed by atoms with van der Waals surface area (Å²) in [6.45, 7) is 4.64. The van der Waals surface area contributed by atoms with Crippen LogP contribution in [0, 0.1) is 34.5 Å². The van der Waals surface area contributed by atoms with E-state index in [0.717, 1.165) is 18.8 Å². The van der Waals surface area contributed by atoms with E-state index in [-0.39, 0.29) is 16.9 Å². The van der Waals surface area contributed by atoms with Crippen LogP contribution in [0.3, 0.4) is 0 Å². The van der Waals surface area contributed by atoms with Gasteiger partial charge in [0.05, 0.1) is 0 Å². The highest BCUT2D eigenvalue weighted by molar-refractivity contribution is 5.23. The van der Waals surface area contributed by atoms with Gasteiger partial charge in [0.15, 0.2) is 5.76 Å². The van der Waals surface area contributed by atoms with Crippen molar-refractivity contribution in [2.24, 2.45) is 34.5 Å². The van der Waals surface area contributed by atoms with Crippen molar-refractivity contribution in [3.63, 3.8) is 0 Å². The van der Waals surface area contributed by atoms with Crippen molar-refractivity contribution in [1.29, 1.82) is 0 Å². The molecule has 0 aromatic carbocycles. The quantitative estimate of drug-likeness (QED) is 0.624. The molecule has 124 valence electrons. The van der Waals surface area contributed by atoms with Gasteiger partial charge in [-0.15, -0.1) is 0 Å². The van der Waals surface area contributed by atoms with Crippen LogP contribution in [0.4, 0.5) is 0 Å². The highest BCUT2D eigenvalue weighted by Gasteiger charge is 2.60. The Morgan fingerprint density at radius 3 is 2.50 bits per heavy atom. The van der Waals surface area contributed by atoms with Crippen LogP contribution < -0.4 is 0 Å². The number of rotatable bonds is 0. The lowest BCUT2D eigenvalue weighted by Gasteiger charge is -2.59. The summed E-state index contributed by atoms with van der Waals surface area (Å²) < 4.78 is 0. The monoisotopic (exact) mass is 306 g/mol. The molecule has 0 heterocycles. The number of allylic oxidation sites excluding steroid dienone is 1. The SMILES string of the molecule is C[C@@]12CCC[C@H]1[C@@H]1CC[C@H]3CC(O)C(O)=C(O)[C@]3(C)[C@H]1CC2. The fraction of sp³-hybridized carbons (Fsp3) is 0.895. The Labute approximate surface area is 133 Å². The molecule has 4 rings (SSSR count). The van der Waals surface area contributed by atoms with Gasteiger partial charge >= 0.3 is 0 Å². The highest BCUT2D eigenvalue weighted by Crippen LogP contribution is 2.66. The first-order valence-electron chi connectivity index (χ1n) is 9.18. The molecule has 0 bridgehead atoms. The van der Waals surface area contributed by atoms with Crippen LogP contribution in [0.25, 0.3) is 0 Å². The van der Waals surface area contributed by atoms with E-state index in [2.05, 4.69) is 13.8 Å². The maximum atomic E-state index is 10.7. The fourth-order valence-corrected chi connectivity index (χ4v) is 6.97. The first-order chi connectivity index (χ1) is 10.4. The van der Waals surface area contributed by atoms with E-state index < -0.39 is 6.10 Å². The molecule has 3 nitrogen and oxygen atoms in total. The van der Waals surface area contributed by atoms with E-state index in [1.165, 1.54) is 32.1 Å². The molecule has 3 heteroatoms. The van der Waals surface area contributed by atoms with Gasteiger partial charge in [-0.25, -0.2) is 0 Å². The molecule has 3 saturated carbocycles. The minimum atomic E-state index is -0.866. The molecule has 0 radical (unpaired) electrons. The van der Waals surface area contributed by atoms with Gasteiger partial charge in [0.25, 0.3) is 0 Å². The van der Waals surface area contributed by atoms with Crippen molar-refractivity contribution in [2.45, 2.75) is 71.3 Å². The molecular weight excluding hydrogens is 276 g/mol. The Bertz CT molecular complexity index is 513. The zero-order valence-electron chi connectivity index (χ0n) is 13.9. The number of fused-ring (bicyclic) bond motifs is 5. The second-order valence-electron chi connectivity index (χ2n) is 9.00. The molecule has 4 aliphatic carbocycles. The molecule has 0 aliphatic heterocycles. The first kappa shape index (κ1) is 14.9. The van der Waals surface area contributed by atoms with Gasteiger partial charge in [0, 0.05) is 5.41 Å². The van der Waals surface area contributed by atoms with Crippen LogP contribution >= 0.6 is 0 Å². The summed E-state index contributed by atoms with van der Waals surface area (Å²) in [6.07, 6.45) is 8.56. The Morgan fingerprint density at radius 2 is 1.73 bits per heavy atom. The molecule has 0 aromatic rings. The summed E-state index contributed by atoms with van der Waals surface area (Å²) in [7, 11) is 0. The lowest BCUT2D eigenvalue weighted by Crippen LogP contribution is -2.54. The molecule has 3 fully saturated rings. The molecule has 0 spiro atoms. The number of hydrogen-bond donors (Lipinski definition) is 3. The van der Waals surface area contributed by atoms with E-state index in [1.807, 2.05) is 0 Å². The maximum absolute atomic E-state index is 10.7. The number of aliphatic hydroxyl groups excluding tert-OH is 3. The topological polar surface area (TPSA) is 60.7 Å². The standard InChI is InChI=1S/C19H30O3/c1-18-8-3-4-13(18)12-6-5-11-10-15(20)16(21)17(22)19(11,2)14(12)7-9-18/h11-15,20-22H,3-10H2,1-2H3/t11-,12-,13-,14-,15?,18-,19-/m0/s1. The van der Waals surface area contributed by atoms with Crippen LogP contribution in [-0.2, 0) is 0 Å². The third kappa shape index (κ3) is 1.72. The smallest absolute Gasteiger partial charge is 0.159 e. The van der Waals surface area contributed by atoms with Crippen LogP contribution in [0.15, 0.2) is 11.5 Å². The van der Waals surface area contributed by atoms with E-state index in [0.29, 0.717) is 29.6 Å². The summed E-state index contributed by atoms with van der Waals surface area (Å²) in [5.41, 5.74) is 0.191. The fourth-order valence-electron chi connectivity index (χ4n) is 6.97. The van der Waals surface area contributed by atoms with Crippen molar-refractivity contribution in [3.8, 4) is 0 Å². The molecule has 0 amide bonds. The van der Waals surface area contributed by atoms with Crippen molar-refractivity contribution < 1.29 is 15.3 Å². The van der Waals surface area contributed by atoms with Gasteiger partial charge in [-0.2, -0.15) is 0 Å². The normalized spacial score (nSPS) is 54.6. The summed E-state index contributed by atoms with van der Waals surface area (Å²) in [6, 6.07) is 0. The third-order valence-corrected chi connectivity index (χ3v) is 8.26. The molecule has 3 N–H and O–H groups in total. The predicted octanol–water partition coefficient (Wildman–Crippen LogP) is 4.33. The molecule has 0 saturated heterocycles. The predicted molar refractivity (Wildman–Crippen MR) is 85.4 cm³/mol. The van der Waals surface area contributed by atoms with Gasteiger partial charge in [-0.3, -0.25) is 0 Å². The molecule has 7 atom stereocenters. The Morgan fingerprint density at radius 1 is 0.955 bits per heavy atom. The van der Waals surface area contributed by atoms with Crippen LogP contribution in [0.1, 0.15) is 65.2 Å². The minimum Gasteiger partial charge on any atom is -0.508 e. The second-order valence-corrected chi connectivity index (χ2v) is 9.00. The van der Waals surface area contributed by atoms with Crippen molar-refractivity contribution >= 4 is 0 Å². The third-order valence-electron chi connectivity index (χ3n) is 8.26. The second kappa shape index (κ2) is 4.66. The number of hydrogen-bond acceptors (Lipinski definition) is 3. The average Bonchev–Trinajstić information content (AvgIpc) is 2.89. The Hall–Kier alpha value is -0.700. The summed E-state index contributed by atoms with van der Waals surface area (Å²) >= 11 is 0. The average molecular weight is 306 g/mol. The highest BCUT2D eigenvalue weighted by atomic mass is 16.3. The molecular formula is C19H30O3.